The fourth-order valence-corrected chi connectivity index (χ4v) is 1.76. The third-order valence-corrected chi connectivity index (χ3v) is 2.87. The van der Waals surface area contributed by atoms with Gasteiger partial charge < -0.3 is 10.5 Å². The number of benzene rings is 2. The van der Waals surface area contributed by atoms with E-state index in [1.807, 2.05) is 37.3 Å². The summed E-state index contributed by atoms with van der Waals surface area (Å²) in [4.78, 5) is 16.0. The van der Waals surface area contributed by atoms with Gasteiger partial charge in [0.15, 0.2) is 0 Å². The van der Waals surface area contributed by atoms with Crippen LogP contribution in [0.5, 0.6) is 5.75 Å². The molecule has 2 aromatic rings. The van der Waals surface area contributed by atoms with Gasteiger partial charge in [-0.3, -0.25) is 4.79 Å². The Hall–Kier alpha value is -2.62. The zero-order valence-electron chi connectivity index (χ0n) is 12.0. The maximum atomic E-state index is 12.0. The van der Waals surface area contributed by atoms with E-state index in [0.717, 1.165) is 17.7 Å². The molecule has 2 rings (SSSR count). The first-order valence-corrected chi connectivity index (χ1v) is 6.87. The third kappa shape index (κ3) is 4.18. The summed E-state index contributed by atoms with van der Waals surface area (Å²) in [5.74, 6) is 0.596. The zero-order valence-corrected chi connectivity index (χ0v) is 12.0. The van der Waals surface area contributed by atoms with E-state index >= 15 is 0 Å². The van der Waals surface area contributed by atoms with Crippen LogP contribution in [-0.2, 0) is 0 Å². The van der Waals surface area contributed by atoms with Crippen LogP contribution >= 0.6 is 0 Å². The third-order valence-electron chi connectivity index (χ3n) is 2.87. The van der Waals surface area contributed by atoms with Crippen molar-refractivity contribution in [1.29, 1.82) is 0 Å². The van der Waals surface area contributed by atoms with Crippen LogP contribution < -0.4 is 10.5 Å². The van der Waals surface area contributed by atoms with Gasteiger partial charge in [-0.1, -0.05) is 37.3 Å². The summed E-state index contributed by atoms with van der Waals surface area (Å²) in [6.45, 7) is 2.70. The molecule has 2 aromatic carbocycles. The maximum absolute atomic E-state index is 12.0. The lowest BCUT2D eigenvalue weighted by Crippen LogP contribution is -2.15. The number of carbonyl (C=O) groups is 1. The van der Waals surface area contributed by atoms with Crippen molar-refractivity contribution < 1.29 is 9.53 Å². The molecule has 0 saturated heterocycles. The lowest BCUT2D eigenvalue weighted by atomic mass is 10.2. The molecule has 0 bridgehead atoms. The Labute approximate surface area is 124 Å². The summed E-state index contributed by atoms with van der Waals surface area (Å²) in [7, 11) is 0. The molecule has 0 fully saturated rings. The minimum Gasteiger partial charge on any atom is -0.494 e. The molecule has 0 spiro atoms. The number of aliphatic imine (C=N–C) groups is 1. The van der Waals surface area contributed by atoms with Crippen LogP contribution in [0.1, 0.15) is 29.3 Å². The lowest BCUT2D eigenvalue weighted by molar-refractivity contribution is 0.100. The molecule has 0 heterocycles. The van der Waals surface area contributed by atoms with Gasteiger partial charge in [0.1, 0.15) is 11.6 Å². The van der Waals surface area contributed by atoms with Crippen LogP contribution in [0.4, 0.5) is 0 Å². The number of ether oxygens (including phenoxy) is 1. The molecule has 4 heteroatoms. The molecule has 4 nitrogen and oxygen atoms in total. The minimum atomic E-state index is -0.363. The van der Waals surface area contributed by atoms with Gasteiger partial charge in [-0.25, -0.2) is 0 Å². The number of nitrogens with zero attached hydrogens (tertiary/aromatic N) is 1. The molecule has 0 atom stereocenters. The first-order chi connectivity index (χ1) is 10.2. The van der Waals surface area contributed by atoms with E-state index in [1.165, 1.54) is 0 Å². The van der Waals surface area contributed by atoms with E-state index < -0.39 is 0 Å². The molecule has 0 aliphatic rings. The van der Waals surface area contributed by atoms with Crippen LogP contribution in [0, 0.1) is 0 Å². The summed E-state index contributed by atoms with van der Waals surface area (Å²) in [5.41, 5.74) is 7.05. The molecule has 21 heavy (non-hydrogen) atoms. The van der Waals surface area contributed by atoms with E-state index in [1.54, 1.807) is 24.3 Å². The predicted octanol–water partition coefficient (Wildman–Crippen LogP) is 3.02. The van der Waals surface area contributed by atoms with Crippen molar-refractivity contribution in [3.63, 3.8) is 0 Å². The second-order valence-corrected chi connectivity index (χ2v) is 4.54. The second kappa shape index (κ2) is 7.24. The van der Waals surface area contributed by atoms with Gasteiger partial charge in [0, 0.05) is 11.1 Å². The van der Waals surface area contributed by atoms with Gasteiger partial charge in [0.05, 0.1) is 6.61 Å². The van der Waals surface area contributed by atoms with Gasteiger partial charge in [-0.2, -0.15) is 4.99 Å². The molecule has 0 aromatic heterocycles. The van der Waals surface area contributed by atoms with Crippen LogP contribution in [0.25, 0.3) is 0 Å². The normalized spacial score (nSPS) is 11.2. The topological polar surface area (TPSA) is 64.7 Å². The first kappa shape index (κ1) is 14.8. The smallest absolute Gasteiger partial charge is 0.278 e. The average molecular weight is 282 g/mol. The van der Waals surface area contributed by atoms with E-state index in [2.05, 4.69) is 4.99 Å². The maximum Gasteiger partial charge on any atom is 0.278 e. The predicted molar refractivity (Wildman–Crippen MR) is 83.7 cm³/mol. The largest absolute Gasteiger partial charge is 0.494 e. The lowest BCUT2D eigenvalue weighted by Gasteiger charge is -2.04. The van der Waals surface area contributed by atoms with Gasteiger partial charge in [0.2, 0.25) is 0 Å². The Morgan fingerprint density at radius 1 is 1.05 bits per heavy atom. The van der Waals surface area contributed by atoms with Crippen molar-refractivity contribution in [3.8, 4) is 5.75 Å². The van der Waals surface area contributed by atoms with Crippen molar-refractivity contribution in [2.24, 2.45) is 10.7 Å². The molecule has 0 aliphatic carbocycles. The van der Waals surface area contributed by atoms with Crippen molar-refractivity contribution in [1.82, 2.24) is 0 Å². The molecule has 0 aliphatic heterocycles. The van der Waals surface area contributed by atoms with E-state index in [-0.39, 0.29) is 11.7 Å². The summed E-state index contributed by atoms with van der Waals surface area (Å²) < 4.78 is 5.47. The average Bonchev–Trinajstić information content (AvgIpc) is 2.54. The standard InChI is InChI=1S/C17H18N2O2/c1-2-12-21-15-10-8-14(9-11-15)17(20)19-16(18)13-6-4-3-5-7-13/h3-11H,2,12H2,1H3,(H2,18,19,20). The van der Waals surface area contributed by atoms with E-state index in [9.17, 15) is 4.79 Å². The van der Waals surface area contributed by atoms with Crippen LogP contribution in [0.15, 0.2) is 59.6 Å². The quantitative estimate of drug-likeness (QED) is 0.677. The highest BCUT2D eigenvalue weighted by molar-refractivity contribution is 6.08. The molecule has 108 valence electrons. The van der Waals surface area contributed by atoms with Crippen LogP contribution in [-0.4, -0.2) is 18.3 Å². The van der Waals surface area contributed by atoms with Crippen molar-refractivity contribution in [2.75, 3.05) is 6.61 Å². The first-order valence-electron chi connectivity index (χ1n) is 6.87. The Kier molecular flexibility index (Phi) is 5.10. The van der Waals surface area contributed by atoms with E-state index in [0.29, 0.717) is 12.2 Å². The number of amidine groups is 1. The molecule has 2 N–H and O–H groups in total. The number of nitrogens with two attached hydrogens (primary N) is 1. The Morgan fingerprint density at radius 2 is 1.71 bits per heavy atom. The van der Waals surface area contributed by atoms with Crippen molar-refractivity contribution in [3.05, 3.63) is 65.7 Å². The molecule has 0 unspecified atom stereocenters. The summed E-state index contributed by atoms with van der Waals surface area (Å²) in [5, 5.41) is 0. The zero-order chi connectivity index (χ0) is 15.1. The van der Waals surface area contributed by atoms with Gasteiger partial charge in [-0.05, 0) is 30.7 Å². The molecule has 0 saturated carbocycles. The number of rotatable bonds is 5. The Morgan fingerprint density at radius 3 is 2.33 bits per heavy atom. The fraction of sp³-hybridized carbons (Fsp3) is 0.176. The summed E-state index contributed by atoms with van der Waals surface area (Å²) in [6.07, 6.45) is 0.943. The number of carbonyl (C=O) groups excluding carboxylic acids is 1. The highest BCUT2D eigenvalue weighted by atomic mass is 16.5. The van der Waals surface area contributed by atoms with Gasteiger partial charge in [0.25, 0.3) is 5.91 Å². The van der Waals surface area contributed by atoms with Gasteiger partial charge in [-0.15, -0.1) is 0 Å². The van der Waals surface area contributed by atoms with Crippen LogP contribution in [0.3, 0.4) is 0 Å². The van der Waals surface area contributed by atoms with Gasteiger partial charge >= 0.3 is 0 Å². The monoisotopic (exact) mass is 282 g/mol. The molecular formula is C17H18N2O2. The number of hydrogen-bond acceptors (Lipinski definition) is 2. The molecule has 0 radical (unpaired) electrons. The summed E-state index contributed by atoms with van der Waals surface area (Å²) >= 11 is 0. The molecular weight excluding hydrogens is 264 g/mol. The fourth-order valence-electron chi connectivity index (χ4n) is 1.76. The summed E-state index contributed by atoms with van der Waals surface area (Å²) in [6, 6.07) is 16.1. The Balaban J connectivity index is 2.09. The van der Waals surface area contributed by atoms with Crippen molar-refractivity contribution >= 4 is 11.7 Å². The molecule has 1 amide bonds. The second-order valence-electron chi connectivity index (χ2n) is 4.54. The number of hydrogen-bond donors (Lipinski definition) is 1. The Bertz CT molecular complexity index is 619. The van der Waals surface area contributed by atoms with Crippen molar-refractivity contribution in [2.45, 2.75) is 13.3 Å². The SMILES string of the molecule is CCCOc1ccc(C(=O)N=C(N)c2ccccc2)cc1. The number of amides is 1. The van der Waals surface area contributed by atoms with Crippen LogP contribution in [0.2, 0.25) is 0 Å². The highest BCUT2D eigenvalue weighted by Gasteiger charge is 2.06. The van der Waals surface area contributed by atoms with E-state index in [4.69, 9.17) is 10.5 Å². The highest BCUT2D eigenvalue weighted by Crippen LogP contribution is 2.13. The minimum absolute atomic E-state index is 0.215.